The Morgan fingerprint density at radius 3 is 2.38 bits per heavy atom. The quantitative estimate of drug-likeness (QED) is 0.836. The highest BCUT2D eigenvalue weighted by Crippen LogP contribution is 2.21. The molecule has 0 aliphatic heterocycles. The lowest BCUT2D eigenvalue weighted by atomic mass is 10.0. The lowest BCUT2D eigenvalue weighted by Gasteiger charge is -2.19. The van der Waals surface area contributed by atoms with Crippen molar-refractivity contribution in [3.05, 3.63) is 59.9 Å². The van der Waals surface area contributed by atoms with Gasteiger partial charge in [0.1, 0.15) is 11.4 Å². The Balaban J connectivity index is 0.00000288. The molecule has 2 aromatic rings. The van der Waals surface area contributed by atoms with Gasteiger partial charge >= 0.3 is 6.09 Å². The molecule has 3 nitrogen and oxygen atoms in total. The van der Waals surface area contributed by atoms with E-state index in [9.17, 15) is 9.18 Å². The van der Waals surface area contributed by atoms with Crippen molar-refractivity contribution >= 4 is 6.09 Å². The van der Waals surface area contributed by atoms with Gasteiger partial charge in [-0.05, 0) is 56.0 Å². The fraction of sp³-hybridized carbons (Fsp3) is 0.350. The molecule has 2 rings (SSSR count). The van der Waals surface area contributed by atoms with E-state index in [1.165, 1.54) is 12.1 Å². The minimum absolute atomic E-state index is 0. The van der Waals surface area contributed by atoms with Crippen molar-refractivity contribution < 1.29 is 13.9 Å². The number of amides is 1. The van der Waals surface area contributed by atoms with Crippen molar-refractivity contribution in [1.82, 2.24) is 5.32 Å². The van der Waals surface area contributed by atoms with Gasteiger partial charge in [-0.25, -0.2) is 9.18 Å². The second kappa shape index (κ2) is 8.48. The van der Waals surface area contributed by atoms with Crippen LogP contribution in [0.5, 0.6) is 0 Å². The molecule has 0 aliphatic rings. The van der Waals surface area contributed by atoms with Crippen LogP contribution in [-0.2, 0) is 11.2 Å². The van der Waals surface area contributed by atoms with Gasteiger partial charge in [0.2, 0.25) is 0 Å². The molecule has 24 heavy (non-hydrogen) atoms. The van der Waals surface area contributed by atoms with Crippen LogP contribution in [0.4, 0.5) is 9.18 Å². The van der Waals surface area contributed by atoms with Crippen LogP contribution < -0.4 is 5.32 Å². The molecular formula is C20H26FNO2. The molecule has 0 aromatic heterocycles. The summed E-state index contributed by atoms with van der Waals surface area (Å²) in [7, 11) is 0. The normalized spacial score (nSPS) is 10.7. The largest absolute Gasteiger partial charge is 0.444 e. The first-order valence-corrected chi connectivity index (χ1v) is 7.65. The second-order valence-electron chi connectivity index (χ2n) is 6.39. The standard InChI is InChI=1S/C19H22FNO2.CH4/c1-19(2,3)23-18(22)21-12-11-14-5-4-6-16(13-14)15-7-9-17(20)10-8-15;/h4-10,13H,11-12H2,1-3H3,(H,21,22);1H4. The van der Waals surface area contributed by atoms with Gasteiger partial charge in [-0.15, -0.1) is 0 Å². The molecule has 0 atom stereocenters. The average Bonchev–Trinajstić information content (AvgIpc) is 2.46. The summed E-state index contributed by atoms with van der Waals surface area (Å²) in [4.78, 5) is 11.6. The summed E-state index contributed by atoms with van der Waals surface area (Å²) in [6.07, 6.45) is 0.293. The van der Waals surface area contributed by atoms with E-state index in [1.54, 1.807) is 12.1 Å². The van der Waals surface area contributed by atoms with E-state index in [-0.39, 0.29) is 13.2 Å². The van der Waals surface area contributed by atoms with Crippen LogP contribution in [0.3, 0.4) is 0 Å². The number of rotatable bonds is 4. The fourth-order valence-corrected chi connectivity index (χ4v) is 2.17. The van der Waals surface area contributed by atoms with Gasteiger partial charge in [-0.2, -0.15) is 0 Å². The Morgan fingerprint density at radius 1 is 1.08 bits per heavy atom. The van der Waals surface area contributed by atoms with E-state index >= 15 is 0 Å². The number of carbonyl (C=O) groups excluding carboxylic acids is 1. The highest BCUT2D eigenvalue weighted by Gasteiger charge is 2.15. The van der Waals surface area contributed by atoms with Gasteiger partial charge in [-0.3, -0.25) is 0 Å². The van der Waals surface area contributed by atoms with Crippen LogP contribution in [0.1, 0.15) is 33.8 Å². The molecule has 0 radical (unpaired) electrons. The van der Waals surface area contributed by atoms with Crippen molar-refractivity contribution in [2.45, 2.75) is 40.2 Å². The Labute approximate surface area is 143 Å². The zero-order valence-electron chi connectivity index (χ0n) is 13.7. The van der Waals surface area contributed by atoms with Gasteiger partial charge in [-0.1, -0.05) is 43.8 Å². The third-order valence-corrected chi connectivity index (χ3v) is 3.19. The molecule has 130 valence electrons. The highest BCUT2D eigenvalue weighted by molar-refractivity contribution is 5.67. The Morgan fingerprint density at radius 2 is 1.75 bits per heavy atom. The lowest BCUT2D eigenvalue weighted by molar-refractivity contribution is 0.0528. The van der Waals surface area contributed by atoms with Gasteiger partial charge in [0.05, 0.1) is 0 Å². The van der Waals surface area contributed by atoms with Crippen LogP contribution >= 0.6 is 0 Å². The minimum Gasteiger partial charge on any atom is -0.444 e. The van der Waals surface area contributed by atoms with Crippen molar-refractivity contribution in [3.8, 4) is 11.1 Å². The maximum atomic E-state index is 13.0. The Bertz CT molecular complexity index is 660. The van der Waals surface area contributed by atoms with Crippen molar-refractivity contribution in [2.75, 3.05) is 6.54 Å². The average molecular weight is 331 g/mol. The zero-order valence-corrected chi connectivity index (χ0v) is 13.7. The van der Waals surface area contributed by atoms with Crippen molar-refractivity contribution in [1.29, 1.82) is 0 Å². The van der Waals surface area contributed by atoms with Crippen LogP contribution in [0.15, 0.2) is 48.5 Å². The van der Waals surface area contributed by atoms with E-state index in [4.69, 9.17) is 4.74 Å². The lowest BCUT2D eigenvalue weighted by Crippen LogP contribution is -2.33. The van der Waals surface area contributed by atoms with E-state index in [2.05, 4.69) is 5.32 Å². The van der Waals surface area contributed by atoms with Crippen molar-refractivity contribution in [2.24, 2.45) is 0 Å². The first-order chi connectivity index (χ1) is 10.8. The molecule has 1 N–H and O–H groups in total. The molecule has 0 saturated carbocycles. The first kappa shape index (κ1) is 19.7. The molecule has 0 spiro atoms. The summed E-state index contributed by atoms with van der Waals surface area (Å²) in [6.45, 7) is 6.00. The molecule has 0 bridgehead atoms. The number of hydrogen-bond donors (Lipinski definition) is 1. The van der Waals surface area contributed by atoms with Crippen LogP contribution in [0, 0.1) is 5.82 Å². The smallest absolute Gasteiger partial charge is 0.407 e. The molecule has 1 amide bonds. The second-order valence-corrected chi connectivity index (χ2v) is 6.39. The third-order valence-electron chi connectivity index (χ3n) is 3.19. The predicted molar refractivity (Wildman–Crippen MR) is 96.5 cm³/mol. The predicted octanol–water partition coefficient (Wildman–Crippen LogP) is 5.20. The van der Waals surface area contributed by atoms with Crippen LogP contribution in [-0.4, -0.2) is 18.2 Å². The van der Waals surface area contributed by atoms with Gasteiger partial charge in [0.25, 0.3) is 0 Å². The topological polar surface area (TPSA) is 38.3 Å². The monoisotopic (exact) mass is 331 g/mol. The summed E-state index contributed by atoms with van der Waals surface area (Å²) in [5, 5.41) is 2.74. The molecule has 0 aliphatic carbocycles. The first-order valence-electron chi connectivity index (χ1n) is 7.65. The molecular weight excluding hydrogens is 305 g/mol. The number of carbonyl (C=O) groups is 1. The maximum Gasteiger partial charge on any atom is 0.407 e. The van der Waals surface area contributed by atoms with Gasteiger partial charge in [0, 0.05) is 6.54 Å². The summed E-state index contributed by atoms with van der Waals surface area (Å²) in [5.74, 6) is -0.244. The third kappa shape index (κ3) is 6.41. The summed E-state index contributed by atoms with van der Waals surface area (Å²) < 4.78 is 18.2. The molecule has 0 heterocycles. The summed E-state index contributed by atoms with van der Waals surface area (Å²) in [6, 6.07) is 14.4. The summed E-state index contributed by atoms with van der Waals surface area (Å²) in [5.41, 5.74) is 2.60. The molecule has 4 heteroatoms. The molecule has 0 saturated heterocycles. The number of ether oxygens (including phenoxy) is 1. The maximum absolute atomic E-state index is 13.0. The molecule has 2 aromatic carbocycles. The van der Waals surface area contributed by atoms with E-state index in [0.29, 0.717) is 13.0 Å². The number of nitrogens with one attached hydrogen (secondary N) is 1. The van der Waals surface area contributed by atoms with E-state index in [1.807, 2.05) is 45.0 Å². The Hall–Kier alpha value is -2.36. The SMILES string of the molecule is C.CC(C)(C)OC(=O)NCCc1cccc(-c2ccc(F)cc2)c1. The van der Waals surface area contributed by atoms with Gasteiger partial charge in [0.15, 0.2) is 0 Å². The number of halogens is 1. The van der Waals surface area contributed by atoms with E-state index < -0.39 is 11.7 Å². The van der Waals surface area contributed by atoms with Gasteiger partial charge < -0.3 is 10.1 Å². The number of hydrogen-bond acceptors (Lipinski definition) is 2. The number of alkyl carbamates (subject to hydrolysis) is 1. The molecule has 0 fully saturated rings. The van der Waals surface area contributed by atoms with Crippen LogP contribution in [0.25, 0.3) is 11.1 Å². The van der Waals surface area contributed by atoms with E-state index in [0.717, 1.165) is 16.7 Å². The number of benzene rings is 2. The highest BCUT2D eigenvalue weighted by atomic mass is 19.1. The van der Waals surface area contributed by atoms with Crippen LogP contribution in [0.2, 0.25) is 0 Å². The van der Waals surface area contributed by atoms with Crippen molar-refractivity contribution in [3.63, 3.8) is 0 Å². The Kier molecular flexibility index (Phi) is 6.96. The zero-order chi connectivity index (χ0) is 16.9. The fourth-order valence-electron chi connectivity index (χ4n) is 2.17. The molecule has 0 unspecified atom stereocenters. The summed E-state index contributed by atoms with van der Waals surface area (Å²) >= 11 is 0. The minimum atomic E-state index is -0.493.